The standard InChI is InChI=1S/C24H21ClN2O4/c25-15-9-10-21(26)14(11-15)12-22(23(28)29)27-24(30)31-13-20-18-7-3-1-5-16(18)17-6-2-4-8-19(17)20/h1-11,20,22H,12-13,26H2,(H,27,30)(H,28,29). The molecule has 1 aliphatic carbocycles. The Balaban J connectivity index is 1.45. The fourth-order valence-electron chi connectivity index (χ4n) is 3.95. The molecule has 158 valence electrons. The molecule has 7 heteroatoms. The van der Waals surface area contributed by atoms with Crippen LogP contribution in [0, 0.1) is 0 Å². The van der Waals surface area contributed by atoms with Crippen molar-refractivity contribution in [2.75, 3.05) is 12.3 Å². The van der Waals surface area contributed by atoms with Crippen molar-refractivity contribution in [3.8, 4) is 11.1 Å². The van der Waals surface area contributed by atoms with Crippen LogP contribution in [0.15, 0.2) is 66.7 Å². The highest BCUT2D eigenvalue weighted by molar-refractivity contribution is 6.30. The minimum Gasteiger partial charge on any atom is -0.480 e. The number of rotatable bonds is 6. The fraction of sp³-hybridized carbons (Fsp3) is 0.167. The van der Waals surface area contributed by atoms with Gasteiger partial charge >= 0.3 is 12.1 Å². The predicted octanol–water partition coefficient (Wildman–Crippen LogP) is 4.46. The van der Waals surface area contributed by atoms with Gasteiger partial charge in [0.2, 0.25) is 0 Å². The Morgan fingerprint density at radius 3 is 2.26 bits per heavy atom. The molecule has 0 saturated heterocycles. The summed E-state index contributed by atoms with van der Waals surface area (Å²) in [5, 5.41) is 12.4. The summed E-state index contributed by atoms with van der Waals surface area (Å²) in [5.74, 6) is -1.29. The Morgan fingerprint density at radius 1 is 1.03 bits per heavy atom. The third-order valence-electron chi connectivity index (χ3n) is 5.46. The summed E-state index contributed by atoms with van der Waals surface area (Å²) in [4.78, 5) is 24.1. The molecule has 0 bridgehead atoms. The SMILES string of the molecule is Nc1ccc(Cl)cc1CC(NC(=O)OCC1c2ccccc2-c2ccccc21)C(=O)O. The van der Waals surface area contributed by atoms with Crippen molar-refractivity contribution in [2.24, 2.45) is 0 Å². The van der Waals surface area contributed by atoms with E-state index in [9.17, 15) is 14.7 Å². The van der Waals surface area contributed by atoms with Crippen LogP contribution in [0.2, 0.25) is 5.02 Å². The van der Waals surface area contributed by atoms with Crippen LogP contribution in [-0.2, 0) is 16.0 Å². The van der Waals surface area contributed by atoms with E-state index in [1.165, 1.54) is 0 Å². The number of carboxylic acid groups (broad SMARTS) is 1. The zero-order chi connectivity index (χ0) is 22.0. The number of alkyl carbamates (subject to hydrolysis) is 1. The molecular weight excluding hydrogens is 416 g/mol. The molecule has 0 aromatic heterocycles. The smallest absolute Gasteiger partial charge is 0.407 e. The van der Waals surface area contributed by atoms with Gasteiger partial charge in [0.15, 0.2) is 0 Å². The van der Waals surface area contributed by atoms with Gasteiger partial charge in [0.1, 0.15) is 12.6 Å². The van der Waals surface area contributed by atoms with Crippen molar-refractivity contribution in [1.82, 2.24) is 5.32 Å². The molecular formula is C24H21ClN2O4. The van der Waals surface area contributed by atoms with Gasteiger partial charge in [-0.15, -0.1) is 0 Å². The average Bonchev–Trinajstić information content (AvgIpc) is 3.08. The number of aliphatic carboxylic acids is 1. The van der Waals surface area contributed by atoms with Crippen molar-refractivity contribution < 1.29 is 19.4 Å². The van der Waals surface area contributed by atoms with Crippen LogP contribution in [0.25, 0.3) is 11.1 Å². The maximum absolute atomic E-state index is 12.4. The number of carboxylic acids is 1. The predicted molar refractivity (Wildman–Crippen MR) is 119 cm³/mol. The van der Waals surface area contributed by atoms with Crippen molar-refractivity contribution in [3.63, 3.8) is 0 Å². The Labute approximate surface area is 184 Å². The summed E-state index contributed by atoms with van der Waals surface area (Å²) >= 11 is 5.98. The van der Waals surface area contributed by atoms with Gasteiger partial charge in [-0.25, -0.2) is 9.59 Å². The van der Waals surface area contributed by atoms with Crippen molar-refractivity contribution in [3.05, 3.63) is 88.4 Å². The van der Waals surface area contributed by atoms with Crippen molar-refractivity contribution >= 4 is 29.4 Å². The molecule has 0 aliphatic heterocycles. The highest BCUT2D eigenvalue weighted by Gasteiger charge is 2.30. The summed E-state index contributed by atoms with van der Waals surface area (Å²) in [5.41, 5.74) is 11.3. The highest BCUT2D eigenvalue weighted by Crippen LogP contribution is 2.44. The third-order valence-corrected chi connectivity index (χ3v) is 5.70. The molecule has 3 aromatic carbocycles. The van der Waals surface area contributed by atoms with E-state index in [-0.39, 0.29) is 18.9 Å². The summed E-state index contributed by atoms with van der Waals surface area (Å²) in [6, 6.07) is 19.6. The summed E-state index contributed by atoms with van der Waals surface area (Å²) in [6.45, 7) is 0.103. The van der Waals surface area contributed by atoms with Gasteiger partial charge in [-0.05, 0) is 46.0 Å². The number of amides is 1. The van der Waals surface area contributed by atoms with E-state index in [4.69, 9.17) is 22.1 Å². The number of carbonyl (C=O) groups is 2. The highest BCUT2D eigenvalue weighted by atomic mass is 35.5. The van der Waals surface area contributed by atoms with E-state index in [2.05, 4.69) is 5.32 Å². The van der Waals surface area contributed by atoms with Gasteiger partial charge in [-0.3, -0.25) is 0 Å². The zero-order valence-electron chi connectivity index (χ0n) is 16.5. The van der Waals surface area contributed by atoms with Crippen LogP contribution in [0.5, 0.6) is 0 Å². The van der Waals surface area contributed by atoms with Crippen LogP contribution >= 0.6 is 11.6 Å². The van der Waals surface area contributed by atoms with Crippen LogP contribution in [-0.4, -0.2) is 29.8 Å². The monoisotopic (exact) mass is 436 g/mol. The summed E-state index contributed by atoms with van der Waals surface area (Å²) in [6.07, 6.45) is -0.804. The lowest BCUT2D eigenvalue weighted by molar-refractivity contribution is -0.139. The van der Waals surface area contributed by atoms with Gasteiger partial charge in [0.25, 0.3) is 0 Å². The number of ether oxygens (including phenoxy) is 1. The lowest BCUT2D eigenvalue weighted by Crippen LogP contribution is -2.43. The number of hydrogen-bond acceptors (Lipinski definition) is 4. The first-order valence-corrected chi connectivity index (χ1v) is 10.2. The number of nitrogens with two attached hydrogens (primary N) is 1. The molecule has 4 N–H and O–H groups in total. The Hall–Kier alpha value is -3.51. The number of nitrogens with one attached hydrogen (secondary N) is 1. The molecule has 1 amide bonds. The molecule has 1 atom stereocenters. The maximum Gasteiger partial charge on any atom is 0.407 e. The molecule has 3 aromatic rings. The molecule has 0 radical (unpaired) electrons. The molecule has 0 heterocycles. The van der Waals surface area contributed by atoms with Crippen molar-refractivity contribution in [2.45, 2.75) is 18.4 Å². The molecule has 0 fully saturated rings. The number of carbonyl (C=O) groups excluding carboxylic acids is 1. The van der Waals surface area contributed by atoms with Gasteiger partial charge in [0, 0.05) is 23.0 Å². The quantitative estimate of drug-likeness (QED) is 0.495. The normalized spacial score (nSPS) is 13.2. The Morgan fingerprint density at radius 2 is 1.65 bits per heavy atom. The lowest BCUT2D eigenvalue weighted by Gasteiger charge is -2.18. The number of hydrogen-bond donors (Lipinski definition) is 3. The second-order valence-electron chi connectivity index (χ2n) is 7.41. The third kappa shape index (κ3) is 4.34. The summed E-state index contributed by atoms with van der Waals surface area (Å²) in [7, 11) is 0. The Kier molecular flexibility index (Phi) is 5.82. The van der Waals surface area contributed by atoms with Gasteiger partial charge in [-0.1, -0.05) is 60.1 Å². The fourth-order valence-corrected chi connectivity index (χ4v) is 4.15. The summed E-state index contributed by atoms with van der Waals surface area (Å²) < 4.78 is 5.44. The minimum absolute atomic E-state index is 0.00801. The molecule has 0 spiro atoms. The second-order valence-corrected chi connectivity index (χ2v) is 7.84. The van der Waals surface area contributed by atoms with Crippen molar-refractivity contribution in [1.29, 1.82) is 0 Å². The Bertz CT molecular complexity index is 1100. The van der Waals surface area contributed by atoms with E-state index in [1.807, 2.05) is 48.5 Å². The van der Waals surface area contributed by atoms with Gasteiger partial charge < -0.3 is 20.9 Å². The topological polar surface area (TPSA) is 102 Å². The molecule has 1 aliphatic rings. The first kappa shape index (κ1) is 20.8. The minimum atomic E-state index is -1.20. The first-order chi connectivity index (χ1) is 14.9. The number of anilines is 1. The van der Waals surface area contributed by atoms with Crippen LogP contribution in [0.1, 0.15) is 22.6 Å². The molecule has 31 heavy (non-hydrogen) atoms. The van der Waals surface area contributed by atoms with E-state index in [0.29, 0.717) is 16.3 Å². The molecule has 6 nitrogen and oxygen atoms in total. The van der Waals surface area contributed by atoms with E-state index in [1.54, 1.807) is 18.2 Å². The second kappa shape index (κ2) is 8.70. The molecule has 1 unspecified atom stereocenters. The first-order valence-electron chi connectivity index (χ1n) is 9.82. The van der Waals surface area contributed by atoms with Crippen LogP contribution < -0.4 is 11.1 Å². The molecule has 4 rings (SSSR count). The number of fused-ring (bicyclic) bond motifs is 3. The van der Waals surface area contributed by atoms with E-state index >= 15 is 0 Å². The largest absolute Gasteiger partial charge is 0.480 e. The van der Waals surface area contributed by atoms with E-state index in [0.717, 1.165) is 22.3 Å². The lowest BCUT2D eigenvalue weighted by atomic mass is 9.98. The maximum atomic E-state index is 12.4. The molecule has 0 saturated carbocycles. The number of halogens is 1. The average molecular weight is 437 g/mol. The van der Waals surface area contributed by atoms with Crippen LogP contribution in [0.3, 0.4) is 0 Å². The zero-order valence-corrected chi connectivity index (χ0v) is 17.3. The number of benzene rings is 3. The van der Waals surface area contributed by atoms with Gasteiger partial charge in [-0.2, -0.15) is 0 Å². The van der Waals surface area contributed by atoms with Crippen LogP contribution in [0.4, 0.5) is 10.5 Å². The van der Waals surface area contributed by atoms with E-state index < -0.39 is 18.1 Å². The van der Waals surface area contributed by atoms with Gasteiger partial charge in [0.05, 0.1) is 0 Å². The number of nitrogen functional groups attached to an aromatic ring is 1.